The molecule has 1 fully saturated rings. The molecule has 4 heterocycles. The third-order valence-electron chi connectivity index (χ3n) is 6.75. The second-order valence-corrected chi connectivity index (χ2v) is 10.4. The van der Waals surface area contributed by atoms with Gasteiger partial charge in [-0.05, 0) is 47.7 Å². The number of thiophene rings is 1. The van der Waals surface area contributed by atoms with E-state index in [1.165, 1.54) is 4.88 Å². The molecule has 3 N–H and O–H groups in total. The van der Waals surface area contributed by atoms with E-state index in [0.717, 1.165) is 65.2 Å². The summed E-state index contributed by atoms with van der Waals surface area (Å²) in [5.41, 5.74) is 9.09. The molecule has 1 saturated heterocycles. The zero-order chi connectivity index (χ0) is 25.2. The Hall–Kier alpha value is -3.69. The van der Waals surface area contributed by atoms with Crippen molar-refractivity contribution in [1.82, 2.24) is 19.8 Å². The first-order valence-electron chi connectivity index (χ1n) is 12.0. The van der Waals surface area contributed by atoms with Gasteiger partial charge in [-0.15, -0.1) is 11.3 Å². The van der Waals surface area contributed by atoms with Gasteiger partial charge in [0.05, 0.1) is 4.88 Å². The van der Waals surface area contributed by atoms with Crippen molar-refractivity contribution in [3.63, 3.8) is 0 Å². The Labute approximate surface area is 214 Å². The van der Waals surface area contributed by atoms with Crippen LogP contribution in [0.2, 0.25) is 0 Å². The summed E-state index contributed by atoms with van der Waals surface area (Å²) in [7, 11) is 1.76. The lowest BCUT2D eigenvalue weighted by Crippen LogP contribution is -2.46. The Morgan fingerprint density at radius 3 is 2.69 bits per heavy atom. The van der Waals surface area contributed by atoms with E-state index in [1.807, 2.05) is 42.6 Å². The topological polar surface area (TPSA) is 96.5 Å². The van der Waals surface area contributed by atoms with Crippen molar-refractivity contribution in [2.75, 3.05) is 36.8 Å². The van der Waals surface area contributed by atoms with Crippen LogP contribution >= 0.6 is 11.3 Å². The number of nitrogens with one attached hydrogen (secondary N) is 1. The first-order valence-corrected chi connectivity index (χ1v) is 12.8. The van der Waals surface area contributed by atoms with Gasteiger partial charge in [-0.1, -0.05) is 12.1 Å². The minimum Gasteiger partial charge on any atom is -0.383 e. The highest BCUT2D eigenvalue weighted by Gasteiger charge is 2.20. The number of fused-ring (bicyclic) bond motifs is 1. The van der Waals surface area contributed by atoms with Gasteiger partial charge in [-0.3, -0.25) is 14.5 Å². The number of benzene rings is 1. The van der Waals surface area contributed by atoms with Crippen LogP contribution in [-0.2, 0) is 20.1 Å². The van der Waals surface area contributed by atoms with Crippen LogP contribution in [0.25, 0.3) is 10.8 Å². The van der Waals surface area contributed by atoms with Crippen LogP contribution in [0.4, 0.5) is 11.5 Å². The Morgan fingerprint density at radius 2 is 1.92 bits per heavy atom. The number of amides is 1. The summed E-state index contributed by atoms with van der Waals surface area (Å²) in [6.45, 7) is 6.92. The number of hydrogen-bond acceptors (Lipinski definition) is 7. The van der Waals surface area contributed by atoms with Gasteiger partial charge in [-0.2, -0.15) is 0 Å². The molecule has 9 heteroatoms. The van der Waals surface area contributed by atoms with Crippen LogP contribution < -0.4 is 21.5 Å². The molecule has 186 valence electrons. The summed E-state index contributed by atoms with van der Waals surface area (Å²) in [6.07, 6.45) is 3.51. The molecule has 1 amide bonds. The lowest BCUT2D eigenvalue weighted by molar-refractivity contribution is 0.0955. The monoisotopic (exact) mass is 502 g/mol. The molecule has 1 aliphatic heterocycles. The number of anilines is 2. The van der Waals surface area contributed by atoms with Crippen molar-refractivity contribution in [2.45, 2.75) is 20.0 Å². The number of pyridine rings is 2. The molecule has 3 aromatic heterocycles. The quantitative estimate of drug-likeness (QED) is 0.421. The number of piperazine rings is 1. The number of rotatable bonds is 6. The van der Waals surface area contributed by atoms with E-state index >= 15 is 0 Å². The third-order valence-corrected chi connectivity index (χ3v) is 7.97. The van der Waals surface area contributed by atoms with E-state index < -0.39 is 0 Å². The van der Waals surface area contributed by atoms with Crippen molar-refractivity contribution < 1.29 is 4.79 Å². The highest BCUT2D eigenvalue weighted by Crippen LogP contribution is 2.25. The lowest BCUT2D eigenvalue weighted by atomic mass is 10.1. The lowest BCUT2D eigenvalue weighted by Gasteiger charge is -2.36. The number of nitrogens with zero attached hydrogens (tertiary/aromatic N) is 4. The van der Waals surface area contributed by atoms with Crippen LogP contribution in [0.15, 0.2) is 59.7 Å². The van der Waals surface area contributed by atoms with Gasteiger partial charge >= 0.3 is 0 Å². The zero-order valence-corrected chi connectivity index (χ0v) is 21.3. The van der Waals surface area contributed by atoms with E-state index in [2.05, 4.69) is 27.0 Å². The van der Waals surface area contributed by atoms with Gasteiger partial charge < -0.3 is 20.5 Å². The molecule has 36 heavy (non-hydrogen) atoms. The molecule has 0 bridgehead atoms. The Bertz CT molecular complexity index is 1470. The van der Waals surface area contributed by atoms with Gasteiger partial charge in [0, 0.05) is 80.7 Å². The molecule has 0 radical (unpaired) electrons. The maximum Gasteiger partial charge on any atom is 0.261 e. The maximum absolute atomic E-state index is 12.9. The van der Waals surface area contributed by atoms with Crippen molar-refractivity contribution in [2.24, 2.45) is 7.05 Å². The number of nitrogens with two attached hydrogens (primary N) is 1. The van der Waals surface area contributed by atoms with Crippen LogP contribution in [0.3, 0.4) is 0 Å². The second-order valence-electron chi connectivity index (χ2n) is 9.25. The number of hydrogen-bond donors (Lipinski definition) is 2. The highest BCUT2D eigenvalue weighted by molar-refractivity contribution is 7.14. The number of aryl methyl sites for hydroxylation is 2. The van der Waals surface area contributed by atoms with Crippen molar-refractivity contribution >= 4 is 39.5 Å². The summed E-state index contributed by atoms with van der Waals surface area (Å²) in [6, 6.07) is 13.6. The highest BCUT2D eigenvalue weighted by atomic mass is 32.1. The largest absolute Gasteiger partial charge is 0.383 e. The number of nitrogen functional groups attached to an aromatic ring is 1. The Morgan fingerprint density at radius 1 is 1.11 bits per heavy atom. The molecule has 0 spiro atoms. The molecule has 0 saturated carbocycles. The molecule has 5 rings (SSSR count). The average Bonchev–Trinajstić information content (AvgIpc) is 3.25. The van der Waals surface area contributed by atoms with E-state index in [9.17, 15) is 9.59 Å². The van der Waals surface area contributed by atoms with Crippen molar-refractivity contribution in [3.8, 4) is 0 Å². The molecule has 0 aliphatic carbocycles. The minimum atomic E-state index is -0.0563. The molecular weight excluding hydrogens is 472 g/mol. The Kier molecular flexibility index (Phi) is 6.75. The van der Waals surface area contributed by atoms with Gasteiger partial charge in [-0.25, -0.2) is 4.98 Å². The van der Waals surface area contributed by atoms with Gasteiger partial charge in [0.2, 0.25) is 0 Å². The summed E-state index contributed by atoms with van der Waals surface area (Å²) in [5, 5.41) is 4.98. The molecular formula is C27H30N6O2S. The summed E-state index contributed by atoms with van der Waals surface area (Å²) in [5.74, 6) is 0.455. The van der Waals surface area contributed by atoms with E-state index in [4.69, 9.17) is 5.73 Å². The molecule has 0 atom stereocenters. The molecule has 8 nitrogen and oxygen atoms in total. The number of aromatic nitrogens is 2. The standard InChI is InChI=1S/C27H30N6O2S/c1-18-13-23(27(35)30-16-19-3-4-22-20(14-19)5-7-29-26(22)28)36-24(18)17-32-9-11-33(12-10-32)21-6-8-31(2)25(34)15-21/h3-8,13-15H,9-12,16-17H2,1-2H3,(H2,28,29)(H,30,35). The maximum atomic E-state index is 12.9. The summed E-state index contributed by atoms with van der Waals surface area (Å²) >= 11 is 1.57. The predicted molar refractivity (Wildman–Crippen MR) is 146 cm³/mol. The fourth-order valence-corrected chi connectivity index (χ4v) is 5.65. The fraction of sp³-hybridized carbons (Fsp3) is 0.296. The summed E-state index contributed by atoms with van der Waals surface area (Å²) in [4.78, 5) is 35.6. The normalized spacial score (nSPS) is 14.3. The molecule has 4 aromatic rings. The number of carbonyl (C=O) groups is 1. The molecule has 1 aliphatic rings. The van der Waals surface area contributed by atoms with E-state index in [0.29, 0.717) is 12.4 Å². The van der Waals surface area contributed by atoms with Crippen LogP contribution in [0.1, 0.15) is 25.7 Å². The smallest absolute Gasteiger partial charge is 0.261 e. The number of carbonyl (C=O) groups excluding carboxylic acids is 1. The second kappa shape index (κ2) is 10.1. The van der Waals surface area contributed by atoms with Crippen LogP contribution in [-0.4, -0.2) is 46.5 Å². The SMILES string of the molecule is Cc1cc(C(=O)NCc2ccc3c(N)nccc3c2)sc1CN1CCN(c2ccn(C)c(=O)c2)CC1. The minimum absolute atomic E-state index is 0.0116. The Balaban J connectivity index is 1.17. The average molecular weight is 503 g/mol. The van der Waals surface area contributed by atoms with Gasteiger partial charge in [0.1, 0.15) is 5.82 Å². The van der Waals surface area contributed by atoms with E-state index in [1.54, 1.807) is 35.2 Å². The summed E-state index contributed by atoms with van der Waals surface area (Å²) < 4.78 is 1.59. The van der Waals surface area contributed by atoms with Crippen molar-refractivity contribution in [1.29, 1.82) is 0 Å². The third kappa shape index (κ3) is 5.12. The van der Waals surface area contributed by atoms with Crippen LogP contribution in [0.5, 0.6) is 0 Å². The van der Waals surface area contributed by atoms with Gasteiger partial charge in [0.15, 0.2) is 0 Å². The fourth-order valence-electron chi connectivity index (χ4n) is 4.52. The zero-order valence-electron chi connectivity index (χ0n) is 20.5. The molecule has 1 aromatic carbocycles. The molecule has 0 unspecified atom stereocenters. The predicted octanol–water partition coefficient (Wildman–Crippen LogP) is 3.14. The van der Waals surface area contributed by atoms with Crippen molar-refractivity contribution in [3.05, 3.63) is 86.1 Å². The van der Waals surface area contributed by atoms with E-state index in [-0.39, 0.29) is 11.5 Å². The first kappa shape index (κ1) is 24.0. The van der Waals surface area contributed by atoms with Gasteiger partial charge in [0.25, 0.3) is 11.5 Å². The first-order chi connectivity index (χ1) is 17.4. The van der Waals surface area contributed by atoms with Crippen LogP contribution in [0, 0.1) is 6.92 Å².